The number of amides is 1. The minimum Gasteiger partial charge on any atom is -0.351 e. The maximum atomic E-state index is 11.7. The van der Waals surface area contributed by atoms with Crippen LogP contribution in [-0.2, 0) is 7.05 Å². The summed E-state index contributed by atoms with van der Waals surface area (Å²) in [5, 5.41) is 3.91. The zero-order chi connectivity index (χ0) is 12.0. The van der Waals surface area contributed by atoms with Gasteiger partial charge in [0.25, 0.3) is 5.91 Å². The Balaban J connectivity index is 2.24. The molecule has 90 valence electrons. The van der Waals surface area contributed by atoms with Crippen LogP contribution in [0.15, 0.2) is 12.5 Å². The number of halogens is 1. The summed E-state index contributed by atoms with van der Waals surface area (Å²) in [5.41, 5.74) is 0.605. The predicted molar refractivity (Wildman–Crippen MR) is 67.7 cm³/mol. The van der Waals surface area contributed by atoms with E-state index in [9.17, 15) is 4.79 Å². The Morgan fingerprint density at radius 2 is 2.44 bits per heavy atom. The van der Waals surface area contributed by atoms with Crippen molar-refractivity contribution in [2.45, 2.75) is 19.8 Å². The van der Waals surface area contributed by atoms with Crippen LogP contribution < -0.4 is 5.32 Å². The van der Waals surface area contributed by atoms with E-state index < -0.39 is 0 Å². The van der Waals surface area contributed by atoms with Crippen molar-refractivity contribution in [3.63, 3.8) is 0 Å². The molecule has 5 heteroatoms. The van der Waals surface area contributed by atoms with Gasteiger partial charge < -0.3 is 9.88 Å². The predicted octanol–water partition coefficient (Wildman–Crippen LogP) is 1.96. The molecule has 1 unspecified atom stereocenters. The van der Waals surface area contributed by atoms with Gasteiger partial charge in [-0.25, -0.2) is 4.98 Å². The Morgan fingerprint density at radius 3 is 3.00 bits per heavy atom. The number of imidazole rings is 1. The van der Waals surface area contributed by atoms with E-state index in [2.05, 4.69) is 33.2 Å². The van der Waals surface area contributed by atoms with Gasteiger partial charge in [0.2, 0.25) is 0 Å². The zero-order valence-corrected chi connectivity index (χ0v) is 11.3. The SMILES string of the molecule is CC(CBr)CCCNC(=O)c1cncn1C. The number of carbonyl (C=O) groups is 1. The van der Waals surface area contributed by atoms with Gasteiger partial charge >= 0.3 is 0 Å². The molecule has 1 amide bonds. The number of hydrogen-bond acceptors (Lipinski definition) is 2. The Kier molecular flexibility index (Phi) is 5.52. The average Bonchev–Trinajstić information content (AvgIpc) is 2.70. The number of aromatic nitrogens is 2. The fourth-order valence-electron chi connectivity index (χ4n) is 1.40. The van der Waals surface area contributed by atoms with Crippen molar-refractivity contribution in [3.05, 3.63) is 18.2 Å². The third kappa shape index (κ3) is 3.96. The van der Waals surface area contributed by atoms with E-state index in [-0.39, 0.29) is 5.91 Å². The van der Waals surface area contributed by atoms with Gasteiger partial charge in [-0.15, -0.1) is 0 Å². The maximum absolute atomic E-state index is 11.7. The summed E-state index contributed by atoms with van der Waals surface area (Å²) in [7, 11) is 1.81. The number of aryl methyl sites for hydroxylation is 1. The molecule has 1 heterocycles. The maximum Gasteiger partial charge on any atom is 0.269 e. The molecule has 1 aromatic heterocycles. The van der Waals surface area contributed by atoms with Crippen molar-refractivity contribution in [2.75, 3.05) is 11.9 Å². The second kappa shape index (κ2) is 6.68. The van der Waals surface area contributed by atoms with Crippen LogP contribution in [0.3, 0.4) is 0 Å². The monoisotopic (exact) mass is 287 g/mol. The largest absolute Gasteiger partial charge is 0.351 e. The topological polar surface area (TPSA) is 46.9 Å². The Bertz CT molecular complexity index is 338. The molecule has 1 atom stereocenters. The molecule has 16 heavy (non-hydrogen) atoms. The molecule has 4 nitrogen and oxygen atoms in total. The number of alkyl halides is 1. The molecule has 0 fully saturated rings. The standard InChI is InChI=1S/C11H18BrN3O/c1-9(6-12)4-3-5-14-11(16)10-7-13-8-15(10)2/h7-9H,3-6H2,1-2H3,(H,14,16). The Morgan fingerprint density at radius 1 is 1.69 bits per heavy atom. The van der Waals surface area contributed by atoms with E-state index in [1.807, 2.05) is 7.05 Å². The van der Waals surface area contributed by atoms with Crippen LogP contribution in [0.4, 0.5) is 0 Å². The lowest BCUT2D eigenvalue weighted by Gasteiger charge is -2.08. The highest BCUT2D eigenvalue weighted by Crippen LogP contribution is 2.07. The molecule has 0 aliphatic heterocycles. The van der Waals surface area contributed by atoms with Crippen LogP contribution in [-0.4, -0.2) is 27.3 Å². The smallest absolute Gasteiger partial charge is 0.269 e. The van der Waals surface area contributed by atoms with Gasteiger partial charge in [0.1, 0.15) is 5.69 Å². The van der Waals surface area contributed by atoms with Crippen LogP contribution in [0, 0.1) is 5.92 Å². The van der Waals surface area contributed by atoms with Crippen LogP contribution in [0.2, 0.25) is 0 Å². The molecular weight excluding hydrogens is 270 g/mol. The molecule has 1 aromatic rings. The van der Waals surface area contributed by atoms with Crippen LogP contribution >= 0.6 is 15.9 Å². The van der Waals surface area contributed by atoms with Crippen molar-refractivity contribution >= 4 is 21.8 Å². The summed E-state index contributed by atoms with van der Waals surface area (Å²) in [6.07, 6.45) is 5.34. The van der Waals surface area contributed by atoms with E-state index in [0.29, 0.717) is 11.6 Å². The number of rotatable bonds is 6. The molecule has 0 aromatic carbocycles. The first-order valence-electron chi connectivity index (χ1n) is 5.45. The second-order valence-electron chi connectivity index (χ2n) is 4.05. The number of carbonyl (C=O) groups excluding carboxylic acids is 1. The van der Waals surface area contributed by atoms with Gasteiger partial charge in [-0.05, 0) is 18.8 Å². The van der Waals surface area contributed by atoms with Crippen molar-refractivity contribution in [2.24, 2.45) is 13.0 Å². The lowest BCUT2D eigenvalue weighted by molar-refractivity contribution is 0.0944. The minimum atomic E-state index is -0.0495. The number of hydrogen-bond donors (Lipinski definition) is 1. The van der Waals surface area contributed by atoms with E-state index >= 15 is 0 Å². The van der Waals surface area contributed by atoms with Gasteiger partial charge in [0.05, 0.1) is 12.5 Å². The summed E-state index contributed by atoms with van der Waals surface area (Å²) >= 11 is 3.44. The fourth-order valence-corrected chi connectivity index (χ4v) is 1.72. The zero-order valence-electron chi connectivity index (χ0n) is 9.74. The molecule has 0 bridgehead atoms. The quantitative estimate of drug-likeness (QED) is 0.642. The summed E-state index contributed by atoms with van der Waals surface area (Å²) in [4.78, 5) is 15.6. The van der Waals surface area contributed by atoms with Gasteiger partial charge in [-0.2, -0.15) is 0 Å². The first-order chi connectivity index (χ1) is 7.65. The lowest BCUT2D eigenvalue weighted by Crippen LogP contribution is -2.26. The molecule has 0 radical (unpaired) electrons. The van der Waals surface area contributed by atoms with Crippen LogP contribution in [0.1, 0.15) is 30.3 Å². The molecule has 0 aliphatic rings. The molecule has 1 rings (SSSR count). The number of nitrogens with zero attached hydrogens (tertiary/aromatic N) is 2. The van der Waals surface area contributed by atoms with Gasteiger partial charge in [0.15, 0.2) is 0 Å². The molecule has 0 saturated carbocycles. The summed E-state index contributed by atoms with van der Waals surface area (Å²) in [6, 6.07) is 0. The van der Waals surface area contributed by atoms with Gasteiger partial charge in [-0.1, -0.05) is 22.9 Å². The summed E-state index contributed by atoms with van der Waals surface area (Å²) in [6.45, 7) is 2.92. The third-order valence-corrected chi connectivity index (χ3v) is 3.58. The highest BCUT2D eigenvalue weighted by atomic mass is 79.9. The van der Waals surface area contributed by atoms with E-state index in [0.717, 1.165) is 24.7 Å². The van der Waals surface area contributed by atoms with Gasteiger partial charge in [0, 0.05) is 18.9 Å². The normalized spacial score (nSPS) is 12.4. The first-order valence-corrected chi connectivity index (χ1v) is 6.57. The summed E-state index contributed by atoms with van der Waals surface area (Å²) < 4.78 is 1.72. The van der Waals surface area contributed by atoms with Crippen molar-refractivity contribution < 1.29 is 4.79 Å². The third-order valence-electron chi connectivity index (χ3n) is 2.47. The molecular formula is C11H18BrN3O. The van der Waals surface area contributed by atoms with Crippen molar-refractivity contribution in [1.82, 2.24) is 14.9 Å². The molecule has 0 spiro atoms. The number of nitrogens with one attached hydrogen (secondary N) is 1. The van der Waals surface area contributed by atoms with E-state index in [1.54, 1.807) is 17.1 Å². The fraction of sp³-hybridized carbons (Fsp3) is 0.636. The first kappa shape index (κ1) is 13.2. The van der Waals surface area contributed by atoms with Crippen molar-refractivity contribution in [1.29, 1.82) is 0 Å². The van der Waals surface area contributed by atoms with E-state index in [1.165, 1.54) is 0 Å². The van der Waals surface area contributed by atoms with E-state index in [4.69, 9.17) is 0 Å². The van der Waals surface area contributed by atoms with Crippen LogP contribution in [0.25, 0.3) is 0 Å². The van der Waals surface area contributed by atoms with Crippen LogP contribution in [0.5, 0.6) is 0 Å². The highest BCUT2D eigenvalue weighted by molar-refractivity contribution is 9.09. The van der Waals surface area contributed by atoms with Gasteiger partial charge in [-0.3, -0.25) is 4.79 Å². The molecule has 1 N–H and O–H groups in total. The van der Waals surface area contributed by atoms with Crippen molar-refractivity contribution in [3.8, 4) is 0 Å². The second-order valence-corrected chi connectivity index (χ2v) is 4.69. The summed E-state index contributed by atoms with van der Waals surface area (Å²) in [5.74, 6) is 0.611. The minimum absolute atomic E-state index is 0.0495. The Labute approximate surface area is 105 Å². The Hall–Kier alpha value is -0.840. The molecule has 0 saturated heterocycles. The average molecular weight is 288 g/mol. The highest BCUT2D eigenvalue weighted by Gasteiger charge is 2.08. The molecule has 0 aliphatic carbocycles. The lowest BCUT2D eigenvalue weighted by atomic mass is 10.1.